The number of carbonyl (C=O) groups excluding carboxylic acids is 1. The average Bonchev–Trinajstić information content (AvgIpc) is 2.28. The predicted octanol–water partition coefficient (Wildman–Crippen LogP) is -0.720. The van der Waals surface area contributed by atoms with Gasteiger partial charge in [-0.25, -0.2) is 4.79 Å². The van der Waals surface area contributed by atoms with Crippen LogP contribution in [0.5, 0.6) is 0 Å². The van der Waals surface area contributed by atoms with Crippen molar-refractivity contribution in [1.29, 1.82) is 0 Å². The van der Waals surface area contributed by atoms with Crippen molar-refractivity contribution < 1.29 is 19.8 Å². The van der Waals surface area contributed by atoms with Gasteiger partial charge in [0.1, 0.15) is 0 Å². The Hall–Kier alpha value is -1.14. The number of aliphatic hydroxyl groups is 1. The molecule has 17 heavy (non-hydrogen) atoms. The van der Waals surface area contributed by atoms with E-state index >= 15 is 0 Å². The van der Waals surface area contributed by atoms with Crippen molar-refractivity contribution in [2.75, 3.05) is 26.7 Å². The Balaban J connectivity index is 2.43. The summed E-state index contributed by atoms with van der Waals surface area (Å²) in [4.78, 5) is 24.0. The number of rotatable bonds is 4. The van der Waals surface area contributed by atoms with Crippen molar-refractivity contribution >= 4 is 11.9 Å². The number of hydrogen-bond donors (Lipinski definition) is 3. The number of carboxylic acid groups (broad SMARTS) is 1. The van der Waals surface area contributed by atoms with Crippen molar-refractivity contribution in [3.63, 3.8) is 0 Å². The average molecular weight is 244 g/mol. The van der Waals surface area contributed by atoms with Crippen LogP contribution in [0.1, 0.15) is 19.8 Å². The second-order valence-electron chi connectivity index (χ2n) is 4.74. The molecule has 1 rings (SSSR count). The number of piperidine rings is 1. The van der Waals surface area contributed by atoms with Crippen LogP contribution < -0.4 is 5.32 Å². The van der Waals surface area contributed by atoms with E-state index in [1.165, 1.54) is 6.92 Å². The normalized spacial score (nSPS) is 21.8. The lowest BCUT2D eigenvalue weighted by Crippen LogP contribution is -2.50. The van der Waals surface area contributed by atoms with Gasteiger partial charge in [-0.15, -0.1) is 0 Å². The van der Waals surface area contributed by atoms with Gasteiger partial charge in [0.25, 0.3) is 0 Å². The molecule has 0 bridgehead atoms. The van der Waals surface area contributed by atoms with Gasteiger partial charge in [-0.1, -0.05) is 0 Å². The van der Waals surface area contributed by atoms with Gasteiger partial charge in [-0.3, -0.25) is 9.69 Å². The number of carboxylic acids is 1. The Morgan fingerprint density at radius 3 is 2.35 bits per heavy atom. The molecule has 1 atom stereocenters. The predicted molar refractivity (Wildman–Crippen MR) is 61.5 cm³/mol. The molecular weight excluding hydrogens is 224 g/mol. The van der Waals surface area contributed by atoms with E-state index in [1.807, 2.05) is 4.90 Å². The fraction of sp³-hybridized carbons (Fsp3) is 0.818. The zero-order chi connectivity index (χ0) is 13.1. The van der Waals surface area contributed by atoms with Crippen LogP contribution in [-0.4, -0.2) is 59.3 Å². The fourth-order valence-corrected chi connectivity index (χ4v) is 2.06. The highest BCUT2D eigenvalue weighted by Gasteiger charge is 2.34. The highest BCUT2D eigenvalue weighted by molar-refractivity contribution is 5.78. The molecule has 0 aromatic carbocycles. The second-order valence-corrected chi connectivity index (χ2v) is 4.74. The number of likely N-dealkylation sites (tertiary alicyclic amines) is 1. The lowest BCUT2D eigenvalue weighted by Gasteiger charge is -2.34. The Morgan fingerprint density at radius 1 is 1.41 bits per heavy atom. The molecule has 98 valence electrons. The molecule has 0 radical (unpaired) electrons. The smallest absolute Gasteiger partial charge is 0.336 e. The third kappa shape index (κ3) is 3.67. The Bertz CT molecular complexity index is 296. The van der Waals surface area contributed by atoms with Crippen molar-refractivity contribution in [3.05, 3.63) is 0 Å². The molecule has 1 fully saturated rings. The van der Waals surface area contributed by atoms with Crippen LogP contribution in [-0.2, 0) is 9.59 Å². The summed E-state index contributed by atoms with van der Waals surface area (Å²) in [6, 6.07) is 0. The van der Waals surface area contributed by atoms with Crippen LogP contribution in [0, 0.1) is 5.92 Å². The van der Waals surface area contributed by atoms with Gasteiger partial charge in [0.15, 0.2) is 5.60 Å². The third-order valence-corrected chi connectivity index (χ3v) is 3.20. The van der Waals surface area contributed by atoms with Crippen molar-refractivity contribution in [3.8, 4) is 0 Å². The molecule has 0 aromatic rings. The lowest BCUT2D eigenvalue weighted by atomic mass is 9.94. The van der Waals surface area contributed by atoms with E-state index in [0.29, 0.717) is 25.9 Å². The van der Waals surface area contributed by atoms with Crippen LogP contribution in [0.2, 0.25) is 0 Å². The van der Waals surface area contributed by atoms with Crippen LogP contribution in [0.25, 0.3) is 0 Å². The van der Waals surface area contributed by atoms with Crippen molar-refractivity contribution in [2.45, 2.75) is 25.4 Å². The molecule has 1 saturated heterocycles. The van der Waals surface area contributed by atoms with E-state index in [1.54, 1.807) is 7.05 Å². The molecule has 6 heteroatoms. The number of carbonyl (C=O) groups is 2. The van der Waals surface area contributed by atoms with E-state index in [2.05, 4.69) is 5.32 Å². The van der Waals surface area contributed by atoms with Gasteiger partial charge in [-0.2, -0.15) is 0 Å². The molecule has 1 unspecified atom stereocenters. The minimum atomic E-state index is -1.72. The van der Waals surface area contributed by atoms with Crippen LogP contribution in [0.4, 0.5) is 0 Å². The maximum atomic E-state index is 11.4. The SMILES string of the molecule is CNC(=O)C1CCN(CC(C)(O)C(=O)O)CC1. The molecular formula is C11H20N2O4. The van der Waals surface area contributed by atoms with E-state index < -0.39 is 11.6 Å². The van der Waals surface area contributed by atoms with Gasteiger partial charge in [0.05, 0.1) is 0 Å². The van der Waals surface area contributed by atoms with Crippen LogP contribution in [0.3, 0.4) is 0 Å². The number of hydrogen-bond acceptors (Lipinski definition) is 4. The monoisotopic (exact) mass is 244 g/mol. The second kappa shape index (κ2) is 5.46. The topological polar surface area (TPSA) is 89.9 Å². The first-order chi connectivity index (χ1) is 7.86. The fourth-order valence-electron chi connectivity index (χ4n) is 2.06. The minimum absolute atomic E-state index is 0.00558. The molecule has 0 aliphatic carbocycles. The Labute approximate surface area is 101 Å². The van der Waals surface area contributed by atoms with Gasteiger partial charge in [0, 0.05) is 19.5 Å². The van der Waals surface area contributed by atoms with Crippen LogP contribution >= 0.6 is 0 Å². The standard InChI is InChI=1S/C11H20N2O4/c1-11(17,10(15)16)7-13-5-3-8(4-6-13)9(14)12-2/h8,17H,3-7H2,1-2H3,(H,12,14)(H,15,16). The summed E-state index contributed by atoms with van der Waals surface area (Å²) in [7, 11) is 1.62. The molecule has 0 saturated carbocycles. The quantitative estimate of drug-likeness (QED) is 0.607. The van der Waals surface area contributed by atoms with Gasteiger partial charge >= 0.3 is 5.97 Å². The zero-order valence-electron chi connectivity index (χ0n) is 10.3. The maximum Gasteiger partial charge on any atom is 0.336 e. The number of nitrogens with one attached hydrogen (secondary N) is 1. The summed E-state index contributed by atoms with van der Waals surface area (Å²) in [5.41, 5.74) is -1.72. The van der Waals surface area contributed by atoms with Gasteiger partial charge in [0.2, 0.25) is 5.91 Å². The molecule has 3 N–H and O–H groups in total. The van der Waals surface area contributed by atoms with Gasteiger partial charge < -0.3 is 15.5 Å². The molecule has 1 aliphatic rings. The third-order valence-electron chi connectivity index (χ3n) is 3.20. The molecule has 0 spiro atoms. The van der Waals surface area contributed by atoms with Crippen molar-refractivity contribution in [2.24, 2.45) is 5.92 Å². The highest BCUT2D eigenvalue weighted by Crippen LogP contribution is 2.19. The van der Waals surface area contributed by atoms with E-state index in [0.717, 1.165) is 0 Å². The molecule has 6 nitrogen and oxygen atoms in total. The summed E-state index contributed by atoms with van der Waals surface area (Å²) in [5, 5.41) is 21.1. The summed E-state index contributed by atoms with van der Waals surface area (Å²) >= 11 is 0. The maximum absolute atomic E-state index is 11.4. The molecule has 1 heterocycles. The largest absolute Gasteiger partial charge is 0.479 e. The first-order valence-corrected chi connectivity index (χ1v) is 5.76. The summed E-state index contributed by atoms with van der Waals surface area (Å²) in [6.45, 7) is 2.67. The molecule has 1 amide bonds. The Morgan fingerprint density at radius 2 is 1.94 bits per heavy atom. The molecule has 0 aromatic heterocycles. The number of amides is 1. The summed E-state index contributed by atoms with van der Waals surface area (Å²) in [5.74, 6) is -1.17. The highest BCUT2D eigenvalue weighted by atomic mass is 16.4. The Kier molecular flexibility index (Phi) is 4.47. The number of β-amino-alcohol motifs (C(OH)–C–C–N with tert-alkyl or cyclic N) is 1. The first kappa shape index (κ1) is 13.9. The minimum Gasteiger partial charge on any atom is -0.479 e. The van der Waals surface area contributed by atoms with Gasteiger partial charge in [-0.05, 0) is 32.9 Å². The number of aliphatic carboxylic acids is 1. The number of nitrogens with zero attached hydrogens (tertiary/aromatic N) is 1. The summed E-state index contributed by atoms with van der Waals surface area (Å²) < 4.78 is 0. The first-order valence-electron chi connectivity index (χ1n) is 5.76. The van der Waals surface area contributed by atoms with Crippen molar-refractivity contribution in [1.82, 2.24) is 10.2 Å². The van der Waals surface area contributed by atoms with E-state index in [-0.39, 0.29) is 18.4 Å². The zero-order valence-corrected chi connectivity index (χ0v) is 10.3. The van der Waals surface area contributed by atoms with E-state index in [9.17, 15) is 14.7 Å². The lowest BCUT2D eigenvalue weighted by molar-refractivity contribution is -0.159. The molecule has 1 aliphatic heterocycles. The summed E-state index contributed by atoms with van der Waals surface area (Å²) in [6.07, 6.45) is 1.41. The van der Waals surface area contributed by atoms with E-state index in [4.69, 9.17) is 5.11 Å². The van der Waals surface area contributed by atoms with Crippen LogP contribution in [0.15, 0.2) is 0 Å².